The molecular weight excluding hydrogens is 216 g/mol. The molecule has 0 bridgehead atoms. The van der Waals surface area contributed by atoms with Gasteiger partial charge in [0.15, 0.2) is 0 Å². The molecule has 0 aliphatic carbocycles. The van der Waals surface area contributed by atoms with Crippen molar-refractivity contribution in [3.63, 3.8) is 0 Å². The lowest BCUT2D eigenvalue weighted by molar-refractivity contribution is -0.0948. The number of carbonyl (C=O) groups excluding carboxylic acids is 1. The Kier molecular flexibility index (Phi) is 3.64. The molecule has 2 rings (SSSR count). The molecule has 0 radical (unpaired) electrons. The average molecular weight is 234 g/mol. The fourth-order valence-electron chi connectivity index (χ4n) is 2.05. The normalized spacial score (nSPS) is 13.1. The van der Waals surface area contributed by atoms with Crippen LogP contribution < -0.4 is 5.32 Å². The molecule has 1 aromatic carbocycles. The number of amides is 1. The fourth-order valence-corrected chi connectivity index (χ4v) is 2.05. The molecule has 1 N–H and O–H groups in total. The van der Waals surface area contributed by atoms with E-state index >= 15 is 0 Å². The van der Waals surface area contributed by atoms with E-state index in [1.807, 2.05) is 25.1 Å². The number of nitrogens with one attached hydrogen (secondary N) is 1. The third-order valence-corrected chi connectivity index (χ3v) is 2.94. The summed E-state index contributed by atoms with van der Waals surface area (Å²) in [6.45, 7) is 3.58. The lowest BCUT2D eigenvalue weighted by Crippen LogP contribution is -2.30. The van der Waals surface area contributed by atoms with Gasteiger partial charge in [0.05, 0.1) is 7.11 Å². The van der Waals surface area contributed by atoms with Gasteiger partial charge in [-0.05, 0) is 30.5 Å². The van der Waals surface area contributed by atoms with E-state index in [1.165, 1.54) is 17.7 Å². The molecule has 0 aromatic heterocycles. The van der Waals surface area contributed by atoms with Crippen LogP contribution >= 0.6 is 0 Å². The van der Waals surface area contributed by atoms with Gasteiger partial charge in [-0.1, -0.05) is 13.0 Å². The predicted molar refractivity (Wildman–Crippen MR) is 67.0 cm³/mol. The van der Waals surface area contributed by atoms with Crippen molar-refractivity contribution in [2.75, 3.05) is 25.5 Å². The summed E-state index contributed by atoms with van der Waals surface area (Å²) in [5.74, 6) is -0.0779. The Balaban J connectivity index is 2.19. The van der Waals surface area contributed by atoms with E-state index in [0.717, 1.165) is 25.1 Å². The molecule has 0 atom stereocenters. The molecule has 0 fully saturated rings. The second kappa shape index (κ2) is 5.19. The third kappa shape index (κ3) is 2.42. The molecular formula is C13H18N2O2. The zero-order chi connectivity index (χ0) is 12.3. The van der Waals surface area contributed by atoms with E-state index in [0.29, 0.717) is 12.1 Å². The number of fused-ring (bicyclic) bond motifs is 1. The van der Waals surface area contributed by atoms with Gasteiger partial charge in [0.2, 0.25) is 0 Å². The standard InChI is InChI=1S/C13H18N2O2/c1-3-8-15(17-2)13(16)11-5-4-10-6-7-14-12(10)9-11/h4-5,9,14H,3,6-8H2,1-2H3. The lowest BCUT2D eigenvalue weighted by atomic mass is 10.1. The number of rotatable bonds is 4. The van der Waals surface area contributed by atoms with Crippen molar-refractivity contribution >= 4 is 11.6 Å². The zero-order valence-corrected chi connectivity index (χ0v) is 10.3. The van der Waals surface area contributed by atoms with E-state index < -0.39 is 0 Å². The average Bonchev–Trinajstić information content (AvgIpc) is 2.82. The van der Waals surface area contributed by atoms with Gasteiger partial charge in [0.1, 0.15) is 0 Å². The summed E-state index contributed by atoms with van der Waals surface area (Å²) in [4.78, 5) is 17.2. The Morgan fingerprint density at radius 3 is 3.06 bits per heavy atom. The van der Waals surface area contributed by atoms with Crippen molar-refractivity contribution in [1.82, 2.24) is 5.06 Å². The maximum Gasteiger partial charge on any atom is 0.277 e. The van der Waals surface area contributed by atoms with Gasteiger partial charge in [0, 0.05) is 24.3 Å². The molecule has 0 unspecified atom stereocenters. The molecule has 1 heterocycles. The maximum absolute atomic E-state index is 12.1. The molecule has 1 aliphatic rings. The molecule has 4 nitrogen and oxygen atoms in total. The van der Waals surface area contributed by atoms with Crippen LogP contribution in [0.5, 0.6) is 0 Å². The fraction of sp³-hybridized carbons (Fsp3) is 0.462. The number of hydroxylamine groups is 2. The molecule has 0 saturated carbocycles. The second-order valence-electron chi connectivity index (χ2n) is 4.14. The highest BCUT2D eigenvalue weighted by Crippen LogP contribution is 2.23. The number of nitrogens with zero attached hydrogens (tertiary/aromatic N) is 1. The van der Waals surface area contributed by atoms with Crippen molar-refractivity contribution in [1.29, 1.82) is 0 Å². The van der Waals surface area contributed by atoms with Crippen LogP contribution in [0, 0.1) is 0 Å². The maximum atomic E-state index is 12.1. The zero-order valence-electron chi connectivity index (χ0n) is 10.3. The van der Waals surface area contributed by atoms with Gasteiger partial charge in [-0.3, -0.25) is 9.63 Å². The van der Waals surface area contributed by atoms with Crippen LogP contribution in [0.1, 0.15) is 29.3 Å². The largest absolute Gasteiger partial charge is 0.384 e. The molecule has 17 heavy (non-hydrogen) atoms. The second-order valence-corrected chi connectivity index (χ2v) is 4.14. The molecule has 1 aromatic rings. The lowest BCUT2D eigenvalue weighted by Gasteiger charge is -2.19. The quantitative estimate of drug-likeness (QED) is 0.811. The van der Waals surface area contributed by atoms with Gasteiger partial charge in [-0.15, -0.1) is 0 Å². The first kappa shape index (κ1) is 11.9. The first-order valence-electron chi connectivity index (χ1n) is 5.99. The number of hydrogen-bond acceptors (Lipinski definition) is 3. The van der Waals surface area contributed by atoms with Gasteiger partial charge in [0.25, 0.3) is 5.91 Å². The highest BCUT2D eigenvalue weighted by molar-refractivity contribution is 5.94. The van der Waals surface area contributed by atoms with Crippen LogP contribution in [-0.2, 0) is 11.3 Å². The van der Waals surface area contributed by atoms with Gasteiger partial charge in [-0.2, -0.15) is 0 Å². The van der Waals surface area contributed by atoms with Crippen LogP contribution in [0.15, 0.2) is 18.2 Å². The van der Waals surface area contributed by atoms with Crippen LogP contribution in [0.2, 0.25) is 0 Å². The summed E-state index contributed by atoms with van der Waals surface area (Å²) in [5, 5.41) is 4.67. The van der Waals surface area contributed by atoms with Gasteiger partial charge >= 0.3 is 0 Å². The van der Waals surface area contributed by atoms with Crippen LogP contribution in [-0.4, -0.2) is 31.2 Å². The number of carbonyl (C=O) groups is 1. The summed E-state index contributed by atoms with van der Waals surface area (Å²) in [6, 6.07) is 5.80. The van der Waals surface area contributed by atoms with Crippen molar-refractivity contribution in [3.05, 3.63) is 29.3 Å². The minimum Gasteiger partial charge on any atom is -0.384 e. The minimum atomic E-state index is -0.0779. The first-order chi connectivity index (χ1) is 8.26. The van der Waals surface area contributed by atoms with Gasteiger partial charge in [-0.25, -0.2) is 5.06 Å². The van der Waals surface area contributed by atoms with E-state index in [4.69, 9.17) is 4.84 Å². The van der Waals surface area contributed by atoms with E-state index in [-0.39, 0.29) is 5.91 Å². The monoisotopic (exact) mass is 234 g/mol. The van der Waals surface area contributed by atoms with E-state index in [1.54, 1.807) is 0 Å². The predicted octanol–water partition coefficient (Wildman–Crippen LogP) is 2.07. The Morgan fingerprint density at radius 1 is 1.53 bits per heavy atom. The highest BCUT2D eigenvalue weighted by Gasteiger charge is 2.17. The van der Waals surface area contributed by atoms with Crippen LogP contribution in [0.25, 0.3) is 0 Å². The Hall–Kier alpha value is -1.55. The van der Waals surface area contributed by atoms with E-state index in [2.05, 4.69) is 5.32 Å². The third-order valence-electron chi connectivity index (χ3n) is 2.94. The molecule has 1 aliphatic heterocycles. The summed E-state index contributed by atoms with van der Waals surface area (Å²) in [5.41, 5.74) is 3.03. The summed E-state index contributed by atoms with van der Waals surface area (Å²) < 4.78 is 0. The summed E-state index contributed by atoms with van der Waals surface area (Å²) >= 11 is 0. The Labute approximate surface area is 102 Å². The van der Waals surface area contributed by atoms with E-state index in [9.17, 15) is 4.79 Å². The Bertz CT molecular complexity index is 418. The first-order valence-corrected chi connectivity index (χ1v) is 5.99. The molecule has 0 saturated heterocycles. The van der Waals surface area contributed by atoms with Crippen molar-refractivity contribution in [3.8, 4) is 0 Å². The van der Waals surface area contributed by atoms with Crippen molar-refractivity contribution < 1.29 is 9.63 Å². The van der Waals surface area contributed by atoms with Crippen LogP contribution in [0.3, 0.4) is 0 Å². The summed E-state index contributed by atoms with van der Waals surface area (Å²) in [7, 11) is 1.53. The van der Waals surface area contributed by atoms with Gasteiger partial charge < -0.3 is 5.32 Å². The summed E-state index contributed by atoms with van der Waals surface area (Å²) in [6.07, 6.45) is 1.91. The minimum absolute atomic E-state index is 0.0779. The smallest absolute Gasteiger partial charge is 0.277 e. The molecule has 4 heteroatoms. The van der Waals surface area contributed by atoms with Crippen molar-refractivity contribution in [2.45, 2.75) is 19.8 Å². The van der Waals surface area contributed by atoms with Crippen molar-refractivity contribution in [2.24, 2.45) is 0 Å². The highest BCUT2D eigenvalue weighted by atomic mass is 16.7. The molecule has 1 amide bonds. The topological polar surface area (TPSA) is 41.6 Å². The number of hydrogen-bond donors (Lipinski definition) is 1. The number of anilines is 1. The molecule has 0 spiro atoms. The Morgan fingerprint density at radius 2 is 2.35 bits per heavy atom. The van der Waals surface area contributed by atoms with Crippen LogP contribution in [0.4, 0.5) is 5.69 Å². The number of benzene rings is 1. The molecule has 92 valence electrons. The SMILES string of the molecule is CCCN(OC)C(=O)c1ccc2c(c1)NCC2.